The number of rotatable bonds is 8. The van der Waals surface area contributed by atoms with Crippen LogP contribution in [0.25, 0.3) is 0 Å². The molecule has 166 valence electrons. The number of ether oxygens (including phenoxy) is 2. The standard InChI is InChI=1S/C21H24ClN3O5S/c1-3-30-19-11-6-15(13-20(19)29-2)14-23-24-21(26)18-5-4-12-25(18)31(27,28)17-9-7-16(22)8-10-17/h6-11,13-14,18H,3-5,12H2,1-2H3,(H,24,26)/b23-14-/t18-/m0/s1. The molecular formula is C21H24ClN3O5S. The van der Waals surface area contributed by atoms with Crippen molar-refractivity contribution < 1.29 is 22.7 Å². The zero-order valence-corrected chi connectivity index (χ0v) is 18.8. The minimum atomic E-state index is -3.81. The Balaban J connectivity index is 1.69. The summed E-state index contributed by atoms with van der Waals surface area (Å²) < 4.78 is 37.9. The maximum absolute atomic E-state index is 13.0. The molecule has 0 spiro atoms. The van der Waals surface area contributed by atoms with E-state index in [-0.39, 0.29) is 11.4 Å². The summed E-state index contributed by atoms with van der Waals surface area (Å²) in [7, 11) is -2.28. The van der Waals surface area contributed by atoms with Gasteiger partial charge >= 0.3 is 0 Å². The van der Waals surface area contributed by atoms with Gasteiger partial charge in [-0.3, -0.25) is 4.79 Å². The molecule has 1 heterocycles. The number of hydrazone groups is 1. The lowest BCUT2D eigenvalue weighted by molar-refractivity contribution is -0.124. The molecule has 10 heteroatoms. The van der Waals surface area contributed by atoms with Crippen molar-refractivity contribution in [3.8, 4) is 11.5 Å². The summed E-state index contributed by atoms with van der Waals surface area (Å²) in [6, 6.07) is 10.3. The highest BCUT2D eigenvalue weighted by molar-refractivity contribution is 7.89. The molecular weight excluding hydrogens is 442 g/mol. The number of benzene rings is 2. The zero-order chi connectivity index (χ0) is 22.4. The molecule has 0 bridgehead atoms. The molecule has 3 rings (SSSR count). The average molecular weight is 466 g/mol. The first kappa shape index (κ1) is 23.1. The Morgan fingerprint density at radius 1 is 1.26 bits per heavy atom. The molecule has 0 unspecified atom stereocenters. The Hall–Kier alpha value is -2.62. The third-order valence-corrected chi connectivity index (χ3v) is 6.98. The Kier molecular flexibility index (Phi) is 7.53. The Morgan fingerprint density at radius 2 is 2.00 bits per heavy atom. The fraction of sp³-hybridized carbons (Fsp3) is 0.333. The minimum absolute atomic E-state index is 0.0987. The number of sulfonamides is 1. The first-order valence-corrected chi connectivity index (χ1v) is 11.6. The molecule has 1 saturated heterocycles. The topological polar surface area (TPSA) is 97.3 Å². The lowest BCUT2D eigenvalue weighted by Gasteiger charge is -2.22. The maximum atomic E-state index is 13.0. The van der Waals surface area contributed by atoms with Gasteiger partial charge in [0.2, 0.25) is 10.0 Å². The van der Waals surface area contributed by atoms with E-state index in [2.05, 4.69) is 10.5 Å². The number of carbonyl (C=O) groups excluding carboxylic acids is 1. The molecule has 1 atom stereocenters. The molecule has 0 aliphatic carbocycles. The van der Waals surface area contributed by atoms with E-state index < -0.39 is 22.0 Å². The number of nitrogens with one attached hydrogen (secondary N) is 1. The molecule has 31 heavy (non-hydrogen) atoms. The Labute approximate surface area is 186 Å². The summed E-state index contributed by atoms with van der Waals surface area (Å²) in [6.07, 6.45) is 2.47. The van der Waals surface area contributed by atoms with Crippen molar-refractivity contribution in [2.75, 3.05) is 20.3 Å². The van der Waals surface area contributed by atoms with Gasteiger partial charge in [-0.2, -0.15) is 9.41 Å². The maximum Gasteiger partial charge on any atom is 0.258 e. The molecule has 0 radical (unpaired) electrons. The molecule has 1 aliphatic rings. The monoisotopic (exact) mass is 465 g/mol. The highest BCUT2D eigenvalue weighted by Gasteiger charge is 2.39. The third kappa shape index (κ3) is 5.36. The molecule has 2 aromatic rings. The van der Waals surface area contributed by atoms with Crippen molar-refractivity contribution in [3.63, 3.8) is 0 Å². The summed E-state index contributed by atoms with van der Waals surface area (Å²) in [4.78, 5) is 12.7. The SMILES string of the molecule is CCOc1ccc(/C=N\NC(=O)[C@@H]2CCCN2S(=O)(=O)c2ccc(Cl)cc2)cc1OC. The fourth-order valence-corrected chi connectivity index (χ4v) is 5.10. The second-order valence-corrected chi connectivity index (χ2v) is 9.13. The van der Waals surface area contributed by atoms with Crippen molar-refractivity contribution >= 4 is 33.7 Å². The van der Waals surface area contributed by atoms with E-state index in [9.17, 15) is 13.2 Å². The van der Waals surface area contributed by atoms with Crippen molar-refractivity contribution in [1.29, 1.82) is 0 Å². The average Bonchev–Trinajstić information content (AvgIpc) is 3.26. The van der Waals surface area contributed by atoms with Crippen LogP contribution in [0.4, 0.5) is 0 Å². The predicted octanol–water partition coefficient (Wildman–Crippen LogP) is 3.05. The van der Waals surface area contributed by atoms with Crippen LogP contribution in [-0.2, 0) is 14.8 Å². The van der Waals surface area contributed by atoms with Crippen molar-refractivity contribution in [2.45, 2.75) is 30.7 Å². The summed E-state index contributed by atoms with van der Waals surface area (Å²) in [6.45, 7) is 2.66. The van der Waals surface area contributed by atoms with Gasteiger partial charge in [-0.1, -0.05) is 11.6 Å². The number of hydrogen-bond donors (Lipinski definition) is 1. The van der Waals surface area contributed by atoms with Gasteiger partial charge in [0.25, 0.3) is 5.91 Å². The molecule has 8 nitrogen and oxygen atoms in total. The molecule has 1 amide bonds. The van der Waals surface area contributed by atoms with Crippen LogP contribution in [0.2, 0.25) is 5.02 Å². The normalized spacial score (nSPS) is 17.1. The van der Waals surface area contributed by atoms with Gasteiger partial charge in [0.05, 0.1) is 24.8 Å². The molecule has 0 aromatic heterocycles. The van der Waals surface area contributed by atoms with Gasteiger partial charge in [0.15, 0.2) is 11.5 Å². The second kappa shape index (κ2) is 10.1. The summed E-state index contributed by atoms with van der Waals surface area (Å²) >= 11 is 5.85. The molecule has 0 saturated carbocycles. The predicted molar refractivity (Wildman–Crippen MR) is 118 cm³/mol. The highest BCUT2D eigenvalue weighted by Crippen LogP contribution is 2.28. The summed E-state index contributed by atoms with van der Waals surface area (Å²) in [5, 5.41) is 4.42. The van der Waals surface area contributed by atoms with Crippen LogP contribution in [0, 0.1) is 0 Å². The first-order valence-electron chi connectivity index (χ1n) is 9.78. The van der Waals surface area contributed by atoms with Crippen molar-refractivity contribution in [3.05, 3.63) is 53.1 Å². The fourth-order valence-electron chi connectivity index (χ4n) is 3.32. The van der Waals surface area contributed by atoms with Crippen LogP contribution in [-0.4, -0.2) is 51.1 Å². The largest absolute Gasteiger partial charge is 0.493 e. The van der Waals surface area contributed by atoms with Gasteiger partial charge in [-0.15, -0.1) is 0 Å². The smallest absolute Gasteiger partial charge is 0.258 e. The van der Waals surface area contributed by atoms with Crippen LogP contribution in [0.5, 0.6) is 11.5 Å². The lowest BCUT2D eigenvalue weighted by atomic mass is 10.2. The van der Waals surface area contributed by atoms with Crippen LogP contribution in [0.15, 0.2) is 52.5 Å². The number of halogens is 1. The van der Waals surface area contributed by atoms with Gasteiger partial charge in [-0.25, -0.2) is 13.8 Å². The van der Waals surface area contributed by atoms with E-state index in [1.807, 2.05) is 6.92 Å². The van der Waals surface area contributed by atoms with Gasteiger partial charge in [0, 0.05) is 11.6 Å². The van der Waals surface area contributed by atoms with Crippen LogP contribution in [0.1, 0.15) is 25.3 Å². The number of nitrogens with zero attached hydrogens (tertiary/aromatic N) is 2. The van der Waals surface area contributed by atoms with E-state index in [1.165, 1.54) is 41.9 Å². The van der Waals surface area contributed by atoms with E-state index in [1.54, 1.807) is 18.2 Å². The lowest BCUT2D eigenvalue weighted by Crippen LogP contribution is -2.44. The van der Waals surface area contributed by atoms with Gasteiger partial charge in [-0.05, 0) is 67.8 Å². The number of methoxy groups -OCH3 is 1. The van der Waals surface area contributed by atoms with E-state index in [0.29, 0.717) is 41.5 Å². The third-order valence-electron chi connectivity index (χ3n) is 4.80. The molecule has 1 aliphatic heterocycles. The molecule has 1 N–H and O–H groups in total. The first-order chi connectivity index (χ1) is 14.9. The minimum Gasteiger partial charge on any atom is -0.493 e. The number of hydrogen-bond acceptors (Lipinski definition) is 6. The second-order valence-electron chi connectivity index (χ2n) is 6.81. The van der Waals surface area contributed by atoms with E-state index in [4.69, 9.17) is 21.1 Å². The molecule has 1 fully saturated rings. The Bertz CT molecular complexity index is 1060. The highest BCUT2D eigenvalue weighted by atomic mass is 35.5. The number of carbonyl (C=O) groups is 1. The summed E-state index contributed by atoms with van der Waals surface area (Å²) in [5.41, 5.74) is 3.14. The number of amides is 1. The summed E-state index contributed by atoms with van der Waals surface area (Å²) in [5.74, 6) is 0.678. The Morgan fingerprint density at radius 3 is 2.68 bits per heavy atom. The quantitative estimate of drug-likeness (QED) is 0.477. The van der Waals surface area contributed by atoms with E-state index in [0.717, 1.165) is 0 Å². The van der Waals surface area contributed by atoms with Crippen molar-refractivity contribution in [2.24, 2.45) is 5.10 Å². The van der Waals surface area contributed by atoms with E-state index >= 15 is 0 Å². The molecule has 2 aromatic carbocycles. The van der Waals surface area contributed by atoms with Crippen LogP contribution < -0.4 is 14.9 Å². The zero-order valence-electron chi connectivity index (χ0n) is 17.2. The van der Waals surface area contributed by atoms with Crippen molar-refractivity contribution in [1.82, 2.24) is 9.73 Å². The van der Waals surface area contributed by atoms with Gasteiger partial charge < -0.3 is 9.47 Å². The van der Waals surface area contributed by atoms with Crippen LogP contribution in [0.3, 0.4) is 0 Å². The van der Waals surface area contributed by atoms with Crippen LogP contribution >= 0.6 is 11.6 Å². The van der Waals surface area contributed by atoms with Gasteiger partial charge in [0.1, 0.15) is 6.04 Å².